The van der Waals surface area contributed by atoms with E-state index in [9.17, 15) is 15.0 Å². The molecule has 0 radical (unpaired) electrons. The van der Waals surface area contributed by atoms with Crippen molar-refractivity contribution < 1.29 is 14.9 Å². The third-order valence-corrected chi connectivity index (χ3v) is 4.03. The normalized spacial score (nSPS) is 29.3. The van der Waals surface area contributed by atoms with Crippen LogP contribution in [-0.4, -0.2) is 49.0 Å². The number of aliphatic hydroxyl groups excluding tert-OH is 2. The third-order valence-electron chi connectivity index (χ3n) is 4.03. The lowest BCUT2D eigenvalue weighted by molar-refractivity contribution is -0.0518. The molecule has 9 heteroatoms. The molecule has 0 saturated carbocycles. The number of fused-ring (bicyclic) bond motifs is 1. The average molecular weight is 295 g/mol. The highest BCUT2D eigenvalue weighted by molar-refractivity contribution is 5.70. The van der Waals surface area contributed by atoms with E-state index < -0.39 is 23.3 Å². The van der Waals surface area contributed by atoms with E-state index in [0.29, 0.717) is 12.1 Å². The maximum Gasteiger partial charge on any atom is 0.280 e. The maximum absolute atomic E-state index is 11.8. The molecule has 21 heavy (non-hydrogen) atoms. The van der Waals surface area contributed by atoms with Crippen LogP contribution in [0.1, 0.15) is 19.6 Å². The van der Waals surface area contributed by atoms with Crippen molar-refractivity contribution in [2.75, 3.05) is 18.9 Å². The number of hydrogen-bond donors (Lipinski definition) is 4. The van der Waals surface area contributed by atoms with Crippen LogP contribution < -0.4 is 11.3 Å². The van der Waals surface area contributed by atoms with Gasteiger partial charge in [-0.3, -0.25) is 14.3 Å². The van der Waals surface area contributed by atoms with E-state index in [4.69, 9.17) is 10.5 Å². The Balaban J connectivity index is 2.04. The highest BCUT2D eigenvalue weighted by Gasteiger charge is 2.45. The summed E-state index contributed by atoms with van der Waals surface area (Å²) in [6, 6.07) is 0. The van der Waals surface area contributed by atoms with Crippen molar-refractivity contribution in [2.45, 2.75) is 25.7 Å². The molecule has 2 aromatic heterocycles. The molecule has 3 unspecified atom stereocenters. The van der Waals surface area contributed by atoms with Crippen LogP contribution in [0.5, 0.6) is 0 Å². The molecule has 2 aromatic rings. The van der Waals surface area contributed by atoms with Gasteiger partial charge in [-0.25, -0.2) is 4.98 Å². The average Bonchev–Trinajstić information content (AvgIpc) is 3.00. The first-order chi connectivity index (χ1) is 9.98. The van der Waals surface area contributed by atoms with Crippen LogP contribution in [0.2, 0.25) is 0 Å². The van der Waals surface area contributed by atoms with Gasteiger partial charge in [0.1, 0.15) is 6.23 Å². The quantitative estimate of drug-likeness (QED) is 0.568. The van der Waals surface area contributed by atoms with Gasteiger partial charge in [0, 0.05) is 11.8 Å². The summed E-state index contributed by atoms with van der Waals surface area (Å²) in [7, 11) is 0. The lowest BCUT2D eigenvalue weighted by atomic mass is 9.84. The number of aromatic nitrogens is 4. The summed E-state index contributed by atoms with van der Waals surface area (Å²) >= 11 is 0. The Labute approximate surface area is 119 Å². The Hall–Kier alpha value is -1.97. The number of nitrogens with two attached hydrogens (primary N) is 1. The first kappa shape index (κ1) is 14.0. The summed E-state index contributed by atoms with van der Waals surface area (Å²) in [6.07, 6.45) is 0.950. The molecule has 1 fully saturated rings. The van der Waals surface area contributed by atoms with Gasteiger partial charge in [-0.1, -0.05) is 6.92 Å². The number of nitrogens with one attached hydrogen (secondary N) is 1. The fourth-order valence-electron chi connectivity index (χ4n) is 2.68. The summed E-state index contributed by atoms with van der Waals surface area (Å²) in [5.41, 5.74) is 5.06. The zero-order chi connectivity index (χ0) is 15.2. The molecule has 3 heterocycles. The fourth-order valence-corrected chi connectivity index (χ4v) is 2.68. The lowest BCUT2D eigenvalue weighted by Crippen LogP contribution is -2.34. The first-order valence-corrected chi connectivity index (χ1v) is 6.58. The van der Waals surface area contributed by atoms with Gasteiger partial charge in [-0.2, -0.15) is 4.98 Å². The molecule has 1 aliphatic heterocycles. The number of nitrogens with zero attached hydrogens (tertiary/aromatic N) is 3. The predicted octanol–water partition coefficient (Wildman–Crippen LogP) is -1.02. The van der Waals surface area contributed by atoms with Gasteiger partial charge in [-0.05, 0) is 0 Å². The van der Waals surface area contributed by atoms with Crippen LogP contribution in [0.3, 0.4) is 0 Å². The number of aliphatic hydroxyl groups is 2. The van der Waals surface area contributed by atoms with Crippen molar-refractivity contribution in [3.05, 3.63) is 16.7 Å². The van der Waals surface area contributed by atoms with Crippen LogP contribution in [0.25, 0.3) is 11.2 Å². The second-order valence-electron chi connectivity index (χ2n) is 5.55. The third kappa shape index (κ3) is 2.09. The summed E-state index contributed by atoms with van der Waals surface area (Å²) in [6.45, 7) is 1.52. The van der Waals surface area contributed by atoms with Crippen molar-refractivity contribution in [1.82, 2.24) is 19.5 Å². The second-order valence-corrected chi connectivity index (χ2v) is 5.55. The predicted molar refractivity (Wildman–Crippen MR) is 73.4 cm³/mol. The van der Waals surface area contributed by atoms with Crippen LogP contribution in [-0.2, 0) is 4.74 Å². The first-order valence-electron chi connectivity index (χ1n) is 6.58. The van der Waals surface area contributed by atoms with E-state index in [1.807, 2.05) is 6.92 Å². The van der Waals surface area contributed by atoms with E-state index in [-0.39, 0.29) is 24.7 Å². The molecule has 114 valence electrons. The maximum atomic E-state index is 11.8. The highest BCUT2D eigenvalue weighted by Crippen LogP contribution is 2.43. The second kappa shape index (κ2) is 4.79. The van der Waals surface area contributed by atoms with Crippen molar-refractivity contribution in [3.8, 4) is 0 Å². The summed E-state index contributed by atoms with van der Waals surface area (Å²) in [5, 5.41) is 18.9. The van der Waals surface area contributed by atoms with Crippen LogP contribution >= 0.6 is 0 Å². The summed E-state index contributed by atoms with van der Waals surface area (Å²) in [5.74, 6) is -0.00382. The van der Waals surface area contributed by atoms with Gasteiger partial charge in [-0.15, -0.1) is 0 Å². The number of ether oxygens (including phenoxy) is 1. The zero-order valence-corrected chi connectivity index (χ0v) is 11.5. The van der Waals surface area contributed by atoms with Gasteiger partial charge in [0.2, 0.25) is 5.95 Å². The SMILES string of the molecule is CC1(CO)CC(n2cnc3c(=O)[nH]c(N)nc32)OC1CO. The topological polar surface area (TPSA) is 139 Å². The van der Waals surface area contributed by atoms with Crippen molar-refractivity contribution in [1.29, 1.82) is 0 Å². The Morgan fingerprint density at radius 1 is 1.62 bits per heavy atom. The van der Waals surface area contributed by atoms with Gasteiger partial charge in [0.25, 0.3) is 5.56 Å². The number of anilines is 1. The van der Waals surface area contributed by atoms with Gasteiger partial charge in [0.05, 0.1) is 25.6 Å². The molecule has 0 aromatic carbocycles. The van der Waals surface area contributed by atoms with Crippen LogP contribution in [0.15, 0.2) is 11.1 Å². The molecule has 3 rings (SSSR count). The monoisotopic (exact) mass is 295 g/mol. The molecule has 0 spiro atoms. The highest BCUT2D eigenvalue weighted by atomic mass is 16.5. The largest absolute Gasteiger partial charge is 0.396 e. The number of imidazole rings is 1. The minimum Gasteiger partial charge on any atom is -0.396 e. The Morgan fingerprint density at radius 3 is 3.00 bits per heavy atom. The van der Waals surface area contributed by atoms with E-state index in [2.05, 4.69) is 15.0 Å². The van der Waals surface area contributed by atoms with Crippen LogP contribution in [0, 0.1) is 5.41 Å². The minimum absolute atomic E-state index is 0.00382. The number of hydrogen-bond acceptors (Lipinski definition) is 7. The van der Waals surface area contributed by atoms with E-state index >= 15 is 0 Å². The van der Waals surface area contributed by atoms with Gasteiger partial charge < -0.3 is 20.7 Å². The Kier molecular flexibility index (Phi) is 3.19. The number of nitrogen functional groups attached to an aromatic ring is 1. The molecule has 0 amide bonds. The molecule has 1 aliphatic rings. The molecule has 5 N–H and O–H groups in total. The molecule has 1 saturated heterocycles. The van der Waals surface area contributed by atoms with Gasteiger partial charge in [0.15, 0.2) is 11.2 Å². The standard InChI is InChI=1S/C12H17N5O4/c1-12(4-19)2-7(21-6(12)3-18)17-5-14-8-9(17)15-11(13)16-10(8)20/h5-7,18-19H,2-4H2,1H3,(H3,13,15,16,20). The molecular formula is C12H17N5O4. The Bertz CT molecular complexity index is 726. The zero-order valence-electron chi connectivity index (χ0n) is 11.5. The van der Waals surface area contributed by atoms with E-state index in [1.165, 1.54) is 6.33 Å². The van der Waals surface area contributed by atoms with E-state index in [0.717, 1.165) is 0 Å². The number of rotatable bonds is 3. The number of H-pyrrole nitrogens is 1. The Morgan fingerprint density at radius 2 is 2.38 bits per heavy atom. The molecule has 3 atom stereocenters. The van der Waals surface area contributed by atoms with Crippen molar-refractivity contribution in [3.63, 3.8) is 0 Å². The van der Waals surface area contributed by atoms with Crippen molar-refractivity contribution in [2.24, 2.45) is 5.41 Å². The van der Waals surface area contributed by atoms with Crippen LogP contribution in [0.4, 0.5) is 5.95 Å². The minimum atomic E-state index is -0.567. The molecule has 0 aliphatic carbocycles. The summed E-state index contributed by atoms with van der Waals surface area (Å²) < 4.78 is 7.37. The lowest BCUT2D eigenvalue weighted by Gasteiger charge is -2.25. The summed E-state index contributed by atoms with van der Waals surface area (Å²) in [4.78, 5) is 22.2. The molecule has 0 bridgehead atoms. The number of aromatic amines is 1. The van der Waals surface area contributed by atoms with Crippen molar-refractivity contribution >= 4 is 17.1 Å². The fraction of sp³-hybridized carbons (Fsp3) is 0.583. The molecule has 9 nitrogen and oxygen atoms in total. The van der Waals surface area contributed by atoms with E-state index in [1.54, 1.807) is 4.57 Å². The van der Waals surface area contributed by atoms with Gasteiger partial charge >= 0.3 is 0 Å². The smallest absolute Gasteiger partial charge is 0.280 e. The molecular weight excluding hydrogens is 278 g/mol.